The van der Waals surface area contributed by atoms with Gasteiger partial charge in [0.05, 0.1) is 22.7 Å². The summed E-state index contributed by atoms with van der Waals surface area (Å²) in [6, 6.07) is 15.0. The van der Waals surface area contributed by atoms with E-state index in [2.05, 4.69) is 34.1 Å². The molecule has 31 heavy (non-hydrogen) atoms. The Hall–Kier alpha value is -3.52. The number of benzene rings is 2. The van der Waals surface area contributed by atoms with Gasteiger partial charge >= 0.3 is 0 Å². The maximum Gasteiger partial charge on any atom is 0.248 e. The standard InChI is InChI=1S/C23H26N6O2/c1-3-27(4-2)13-14-28-20-12-8-6-10-18(20)25-23(28)26-22(31)16-29-19-11-7-5-9-17(19)21(30)15-24-29/h5-12,15H,3-4,13-14,16H2,1-2H3,(H,25,26,31). The second-order valence-electron chi connectivity index (χ2n) is 7.33. The summed E-state index contributed by atoms with van der Waals surface area (Å²) < 4.78 is 3.58. The van der Waals surface area contributed by atoms with Crippen molar-refractivity contribution in [1.29, 1.82) is 0 Å². The van der Waals surface area contributed by atoms with Crippen LogP contribution in [0.1, 0.15) is 13.8 Å². The minimum atomic E-state index is -0.249. The predicted octanol–water partition coefficient (Wildman–Crippen LogP) is 2.73. The molecule has 0 atom stereocenters. The van der Waals surface area contributed by atoms with E-state index in [1.807, 2.05) is 34.9 Å². The highest BCUT2D eigenvalue weighted by Crippen LogP contribution is 2.20. The van der Waals surface area contributed by atoms with Gasteiger partial charge in [-0.2, -0.15) is 5.10 Å². The molecule has 0 spiro atoms. The lowest BCUT2D eigenvalue weighted by Crippen LogP contribution is -2.28. The molecule has 1 amide bonds. The van der Waals surface area contributed by atoms with E-state index >= 15 is 0 Å². The molecule has 0 radical (unpaired) electrons. The lowest BCUT2D eigenvalue weighted by atomic mass is 10.2. The van der Waals surface area contributed by atoms with Gasteiger partial charge in [-0.1, -0.05) is 38.1 Å². The van der Waals surface area contributed by atoms with Crippen LogP contribution in [0.2, 0.25) is 0 Å². The average Bonchev–Trinajstić information content (AvgIpc) is 3.13. The fourth-order valence-electron chi connectivity index (χ4n) is 3.77. The van der Waals surface area contributed by atoms with Gasteiger partial charge in [-0.3, -0.25) is 19.6 Å². The van der Waals surface area contributed by atoms with Crippen molar-refractivity contribution in [2.75, 3.05) is 25.0 Å². The van der Waals surface area contributed by atoms with Gasteiger partial charge in [0.25, 0.3) is 0 Å². The van der Waals surface area contributed by atoms with Crippen LogP contribution in [0.4, 0.5) is 5.95 Å². The zero-order valence-corrected chi connectivity index (χ0v) is 17.8. The Morgan fingerprint density at radius 3 is 2.52 bits per heavy atom. The molecule has 2 aromatic heterocycles. The number of carbonyl (C=O) groups is 1. The molecular formula is C23H26N6O2. The van der Waals surface area contributed by atoms with E-state index in [0.29, 0.717) is 16.9 Å². The van der Waals surface area contributed by atoms with Crippen molar-refractivity contribution in [2.24, 2.45) is 0 Å². The van der Waals surface area contributed by atoms with Crippen LogP contribution in [-0.4, -0.2) is 49.8 Å². The summed E-state index contributed by atoms with van der Waals surface area (Å²) in [7, 11) is 0. The Bertz CT molecular complexity index is 1270. The van der Waals surface area contributed by atoms with Crippen molar-refractivity contribution in [1.82, 2.24) is 24.2 Å². The third-order valence-electron chi connectivity index (χ3n) is 5.50. The van der Waals surface area contributed by atoms with E-state index in [1.165, 1.54) is 10.9 Å². The summed E-state index contributed by atoms with van der Waals surface area (Å²) in [6.07, 6.45) is 1.24. The van der Waals surface area contributed by atoms with E-state index in [9.17, 15) is 9.59 Å². The SMILES string of the molecule is CCN(CC)CCn1c(NC(=O)Cn2ncc(=O)c3ccccc32)nc2ccccc21. The highest BCUT2D eigenvalue weighted by atomic mass is 16.2. The normalized spacial score (nSPS) is 11.5. The van der Waals surface area contributed by atoms with E-state index < -0.39 is 0 Å². The number of aromatic nitrogens is 4. The molecule has 8 heteroatoms. The number of amides is 1. The third-order valence-corrected chi connectivity index (χ3v) is 5.50. The molecule has 8 nitrogen and oxygen atoms in total. The minimum absolute atomic E-state index is 0.0138. The second kappa shape index (κ2) is 9.09. The molecule has 0 aliphatic carbocycles. The van der Waals surface area contributed by atoms with Gasteiger partial charge in [0.2, 0.25) is 17.3 Å². The molecule has 0 saturated heterocycles. The Kier molecular flexibility index (Phi) is 6.08. The first-order valence-electron chi connectivity index (χ1n) is 10.5. The molecule has 160 valence electrons. The van der Waals surface area contributed by atoms with Crippen molar-refractivity contribution in [2.45, 2.75) is 26.9 Å². The largest absolute Gasteiger partial charge is 0.309 e. The molecule has 2 aromatic carbocycles. The van der Waals surface area contributed by atoms with Crippen molar-refractivity contribution >= 4 is 33.8 Å². The fraction of sp³-hybridized carbons (Fsp3) is 0.304. The molecule has 0 aliphatic heterocycles. The molecule has 4 aromatic rings. The summed E-state index contributed by atoms with van der Waals surface area (Å²) >= 11 is 0. The molecule has 2 heterocycles. The fourth-order valence-corrected chi connectivity index (χ4v) is 3.77. The average molecular weight is 419 g/mol. The van der Waals surface area contributed by atoms with Gasteiger partial charge in [0, 0.05) is 18.5 Å². The number of nitrogens with one attached hydrogen (secondary N) is 1. The summed E-state index contributed by atoms with van der Waals surface area (Å²) in [6.45, 7) is 7.78. The third kappa shape index (κ3) is 4.34. The molecule has 4 rings (SSSR count). The Labute approximate surface area is 180 Å². The molecule has 0 unspecified atom stereocenters. The smallest absolute Gasteiger partial charge is 0.248 e. The minimum Gasteiger partial charge on any atom is -0.309 e. The first-order chi connectivity index (χ1) is 15.1. The van der Waals surface area contributed by atoms with E-state index in [0.717, 1.165) is 37.2 Å². The van der Waals surface area contributed by atoms with Crippen LogP contribution in [0, 0.1) is 0 Å². The second-order valence-corrected chi connectivity index (χ2v) is 7.33. The van der Waals surface area contributed by atoms with E-state index in [4.69, 9.17) is 0 Å². The number of imidazole rings is 1. The van der Waals surface area contributed by atoms with Gasteiger partial charge in [-0.15, -0.1) is 0 Å². The van der Waals surface area contributed by atoms with Crippen LogP contribution < -0.4 is 10.7 Å². The van der Waals surface area contributed by atoms with Crippen molar-refractivity contribution in [3.8, 4) is 0 Å². The lowest BCUT2D eigenvalue weighted by Gasteiger charge is -2.19. The van der Waals surface area contributed by atoms with Gasteiger partial charge in [0.15, 0.2) is 0 Å². The van der Waals surface area contributed by atoms with E-state index in [1.54, 1.807) is 18.2 Å². The van der Waals surface area contributed by atoms with Crippen molar-refractivity contribution in [3.63, 3.8) is 0 Å². The first kappa shape index (κ1) is 20.7. The summed E-state index contributed by atoms with van der Waals surface area (Å²) in [5.74, 6) is 0.268. The number of rotatable bonds is 8. The number of nitrogens with zero attached hydrogens (tertiary/aromatic N) is 5. The number of para-hydroxylation sites is 3. The van der Waals surface area contributed by atoms with Crippen molar-refractivity contribution < 1.29 is 4.79 Å². The van der Waals surface area contributed by atoms with Crippen LogP contribution >= 0.6 is 0 Å². The van der Waals surface area contributed by atoms with Crippen LogP contribution in [0.15, 0.2) is 59.5 Å². The number of hydrogen-bond acceptors (Lipinski definition) is 5. The number of carbonyl (C=O) groups excluding carboxylic acids is 1. The molecule has 0 aliphatic rings. The molecule has 0 bridgehead atoms. The topological polar surface area (TPSA) is 85.0 Å². The summed E-state index contributed by atoms with van der Waals surface area (Å²) in [5, 5.41) is 7.63. The van der Waals surface area contributed by atoms with Gasteiger partial charge in [-0.25, -0.2) is 4.98 Å². The maximum atomic E-state index is 12.9. The Morgan fingerprint density at radius 1 is 1.03 bits per heavy atom. The monoisotopic (exact) mass is 418 g/mol. The van der Waals surface area contributed by atoms with Crippen LogP contribution in [0.5, 0.6) is 0 Å². The van der Waals surface area contributed by atoms with E-state index in [-0.39, 0.29) is 17.9 Å². The first-order valence-corrected chi connectivity index (χ1v) is 10.5. The zero-order chi connectivity index (χ0) is 21.8. The highest BCUT2D eigenvalue weighted by Gasteiger charge is 2.15. The number of fused-ring (bicyclic) bond motifs is 2. The van der Waals surface area contributed by atoms with Gasteiger partial charge in [-0.05, 0) is 37.4 Å². The van der Waals surface area contributed by atoms with Gasteiger partial charge in [0.1, 0.15) is 6.54 Å². The van der Waals surface area contributed by atoms with Crippen LogP contribution in [0.3, 0.4) is 0 Å². The quantitative estimate of drug-likeness (QED) is 0.476. The Balaban J connectivity index is 1.60. The van der Waals surface area contributed by atoms with Gasteiger partial charge < -0.3 is 9.47 Å². The predicted molar refractivity (Wildman–Crippen MR) is 122 cm³/mol. The van der Waals surface area contributed by atoms with Crippen LogP contribution in [0.25, 0.3) is 21.9 Å². The highest BCUT2D eigenvalue weighted by molar-refractivity contribution is 5.92. The van der Waals surface area contributed by atoms with Crippen LogP contribution in [-0.2, 0) is 17.9 Å². The summed E-state index contributed by atoms with van der Waals surface area (Å²) in [5.41, 5.74) is 2.28. The van der Waals surface area contributed by atoms with Crippen molar-refractivity contribution in [3.05, 3.63) is 65.0 Å². The Morgan fingerprint density at radius 2 is 1.74 bits per heavy atom. The summed E-state index contributed by atoms with van der Waals surface area (Å²) in [4.78, 5) is 31.9. The number of likely N-dealkylation sites (N-methyl/N-ethyl adjacent to an activating group) is 1. The zero-order valence-electron chi connectivity index (χ0n) is 17.8. The molecular weight excluding hydrogens is 392 g/mol. The lowest BCUT2D eigenvalue weighted by molar-refractivity contribution is -0.116. The number of hydrogen-bond donors (Lipinski definition) is 1. The molecule has 0 saturated carbocycles. The maximum absolute atomic E-state index is 12.9. The molecule has 0 fully saturated rings. The number of anilines is 1. The molecule has 1 N–H and O–H groups in total.